The Labute approximate surface area is 110 Å². The van der Waals surface area contributed by atoms with E-state index in [1.165, 1.54) is 0 Å². The molecule has 1 rings (SSSR count). The van der Waals surface area contributed by atoms with Crippen molar-refractivity contribution < 1.29 is 4.79 Å². The lowest BCUT2D eigenvalue weighted by molar-refractivity contribution is 0.0736. The Morgan fingerprint density at radius 2 is 2.11 bits per heavy atom. The zero-order valence-electron chi connectivity index (χ0n) is 12.1. The zero-order chi connectivity index (χ0) is 13.7. The van der Waals surface area contributed by atoms with Crippen LogP contribution in [0.2, 0.25) is 0 Å². The van der Waals surface area contributed by atoms with Crippen molar-refractivity contribution in [3.8, 4) is 0 Å². The van der Waals surface area contributed by atoms with Crippen molar-refractivity contribution in [1.29, 1.82) is 0 Å². The van der Waals surface area contributed by atoms with Crippen LogP contribution in [0.5, 0.6) is 0 Å². The minimum atomic E-state index is 0.0988. The highest BCUT2D eigenvalue weighted by atomic mass is 16.2. The van der Waals surface area contributed by atoms with E-state index in [1.54, 1.807) is 0 Å². The van der Waals surface area contributed by atoms with Gasteiger partial charge in [0.2, 0.25) is 0 Å². The van der Waals surface area contributed by atoms with Gasteiger partial charge >= 0.3 is 0 Å². The number of carbonyl (C=O) groups is 1. The first-order valence-electron chi connectivity index (χ1n) is 6.56. The summed E-state index contributed by atoms with van der Waals surface area (Å²) in [5, 5.41) is 3.11. The van der Waals surface area contributed by atoms with E-state index in [1.807, 2.05) is 44.1 Å². The number of amides is 1. The number of hydrogen-bond donors (Lipinski definition) is 1. The van der Waals surface area contributed by atoms with Crippen LogP contribution >= 0.6 is 0 Å². The molecule has 0 aliphatic rings. The summed E-state index contributed by atoms with van der Waals surface area (Å²) in [5.41, 5.74) is 2.92. The van der Waals surface area contributed by atoms with Crippen molar-refractivity contribution >= 4 is 11.6 Å². The first-order valence-corrected chi connectivity index (χ1v) is 6.56. The molecular weight excluding hydrogens is 224 g/mol. The number of nitrogens with one attached hydrogen (secondary N) is 1. The average molecular weight is 248 g/mol. The van der Waals surface area contributed by atoms with Crippen LogP contribution < -0.4 is 5.32 Å². The molecule has 1 aromatic rings. The molecule has 0 aliphatic carbocycles. The monoisotopic (exact) mass is 248 g/mol. The van der Waals surface area contributed by atoms with Crippen LogP contribution in [0.3, 0.4) is 0 Å². The first kappa shape index (κ1) is 14.6. The molecule has 100 valence electrons. The van der Waals surface area contributed by atoms with Crippen molar-refractivity contribution in [1.82, 2.24) is 4.90 Å². The lowest BCUT2D eigenvalue weighted by atomic mass is 10.1. The molecule has 0 radical (unpaired) electrons. The molecule has 0 aliphatic heterocycles. The van der Waals surface area contributed by atoms with Gasteiger partial charge in [0.05, 0.1) is 0 Å². The fraction of sp³-hybridized carbons (Fsp3) is 0.533. The molecule has 1 amide bonds. The van der Waals surface area contributed by atoms with Crippen molar-refractivity contribution in [3.05, 3.63) is 29.3 Å². The van der Waals surface area contributed by atoms with Gasteiger partial charge in [-0.3, -0.25) is 4.79 Å². The molecule has 0 spiro atoms. The van der Waals surface area contributed by atoms with E-state index in [4.69, 9.17) is 0 Å². The molecule has 0 aromatic heterocycles. The summed E-state index contributed by atoms with van der Waals surface area (Å²) >= 11 is 0. The molecule has 18 heavy (non-hydrogen) atoms. The van der Waals surface area contributed by atoms with Crippen molar-refractivity contribution in [2.24, 2.45) is 0 Å². The number of anilines is 1. The molecule has 0 saturated carbocycles. The first-order chi connectivity index (χ1) is 8.51. The molecule has 1 unspecified atom stereocenters. The van der Waals surface area contributed by atoms with Gasteiger partial charge in [0, 0.05) is 31.4 Å². The lowest BCUT2D eigenvalue weighted by Crippen LogP contribution is -2.35. The molecule has 1 aromatic carbocycles. The minimum Gasteiger partial charge on any atom is -0.388 e. The van der Waals surface area contributed by atoms with Crippen LogP contribution in [0.25, 0.3) is 0 Å². The van der Waals surface area contributed by atoms with Crippen LogP contribution in [0.4, 0.5) is 5.69 Å². The fourth-order valence-electron chi connectivity index (χ4n) is 2.09. The van der Waals surface area contributed by atoms with Crippen LogP contribution in [0.15, 0.2) is 18.2 Å². The maximum atomic E-state index is 12.3. The molecule has 3 heteroatoms. The van der Waals surface area contributed by atoms with Crippen LogP contribution in [-0.4, -0.2) is 30.9 Å². The van der Waals surface area contributed by atoms with E-state index in [0.29, 0.717) is 0 Å². The summed E-state index contributed by atoms with van der Waals surface area (Å²) in [4.78, 5) is 14.1. The molecule has 0 heterocycles. The molecule has 0 saturated heterocycles. The van der Waals surface area contributed by atoms with Gasteiger partial charge in [0.15, 0.2) is 0 Å². The number of hydrogen-bond acceptors (Lipinski definition) is 2. The summed E-state index contributed by atoms with van der Waals surface area (Å²) in [6.07, 6.45) is 2.13. The van der Waals surface area contributed by atoms with E-state index in [2.05, 4.69) is 19.2 Å². The summed E-state index contributed by atoms with van der Waals surface area (Å²) < 4.78 is 0. The third kappa shape index (κ3) is 3.25. The Morgan fingerprint density at radius 1 is 1.44 bits per heavy atom. The Hall–Kier alpha value is -1.51. The van der Waals surface area contributed by atoms with Gasteiger partial charge in [0.1, 0.15) is 0 Å². The van der Waals surface area contributed by atoms with Gasteiger partial charge in [-0.1, -0.05) is 13.3 Å². The van der Waals surface area contributed by atoms with Gasteiger partial charge in [-0.05, 0) is 44.0 Å². The number of aryl methyl sites for hydroxylation is 1. The van der Waals surface area contributed by atoms with Gasteiger partial charge in [0.25, 0.3) is 5.91 Å². The van der Waals surface area contributed by atoms with Crippen LogP contribution in [0.1, 0.15) is 42.6 Å². The van der Waals surface area contributed by atoms with E-state index in [0.717, 1.165) is 29.7 Å². The largest absolute Gasteiger partial charge is 0.388 e. The predicted molar refractivity (Wildman–Crippen MR) is 77.2 cm³/mol. The number of nitrogens with zero attached hydrogens (tertiary/aromatic N) is 1. The quantitative estimate of drug-likeness (QED) is 0.867. The Kier molecular flexibility index (Phi) is 5.20. The summed E-state index contributed by atoms with van der Waals surface area (Å²) in [5.74, 6) is 0.0988. The molecule has 1 atom stereocenters. The van der Waals surface area contributed by atoms with Gasteiger partial charge < -0.3 is 10.2 Å². The molecule has 1 N–H and O–H groups in total. The Morgan fingerprint density at radius 3 is 2.61 bits per heavy atom. The highest BCUT2D eigenvalue weighted by Gasteiger charge is 2.17. The Bertz CT molecular complexity index is 415. The van der Waals surface area contributed by atoms with Gasteiger partial charge in [-0.2, -0.15) is 0 Å². The standard InChI is InChI=1S/C15H24N2O/c1-6-7-12(3)17(5)15(18)13-8-9-14(16-4)11(2)10-13/h8-10,12,16H,6-7H2,1-5H3. The Balaban J connectivity index is 2.87. The third-order valence-electron chi connectivity index (χ3n) is 3.43. The van der Waals surface area contributed by atoms with Crippen molar-refractivity contribution in [2.75, 3.05) is 19.4 Å². The third-order valence-corrected chi connectivity index (χ3v) is 3.43. The second-order valence-corrected chi connectivity index (χ2v) is 4.83. The fourth-order valence-corrected chi connectivity index (χ4v) is 2.09. The molecular formula is C15H24N2O. The van der Waals surface area contributed by atoms with Crippen LogP contribution in [-0.2, 0) is 0 Å². The molecule has 3 nitrogen and oxygen atoms in total. The highest BCUT2D eigenvalue weighted by Crippen LogP contribution is 2.18. The van der Waals surface area contributed by atoms with E-state index in [-0.39, 0.29) is 11.9 Å². The summed E-state index contributed by atoms with van der Waals surface area (Å²) in [6.45, 7) is 6.25. The number of rotatable bonds is 5. The highest BCUT2D eigenvalue weighted by molar-refractivity contribution is 5.95. The lowest BCUT2D eigenvalue weighted by Gasteiger charge is -2.25. The zero-order valence-corrected chi connectivity index (χ0v) is 12.1. The average Bonchev–Trinajstić information content (AvgIpc) is 2.37. The second kappa shape index (κ2) is 6.43. The number of benzene rings is 1. The maximum absolute atomic E-state index is 12.3. The summed E-state index contributed by atoms with van der Waals surface area (Å²) in [6, 6.07) is 6.08. The normalized spacial score (nSPS) is 12.1. The van der Waals surface area contributed by atoms with Crippen molar-refractivity contribution in [3.63, 3.8) is 0 Å². The SMILES string of the molecule is CCCC(C)N(C)C(=O)c1ccc(NC)c(C)c1. The van der Waals surface area contributed by atoms with E-state index < -0.39 is 0 Å². The predicted octanol–water partition coefficient (Wildman–Crippen LogP) is 3.30. The number of carbonyl (C=O) groups excluding carboxylic acids is 1. The topological polar surface area (TPSA) is 32.3 Å². The smallest absolute Gasteiger partial charge is 0.253 e. The molecule has 0 bridgehead atoms. The van der Waals surface area contributed by atoms with Gasteiger partial charge in [-0.15, -0.1) is 0 Å². The minimum absolute atomic E-state index is 0.0988. The maximum Gasteiger partial charge on any atom is 0.253 e. The summed E-state index contributed by atoms with van der Waals surface area (Å²) in [7, 11) is 3.77. The van der Waals surface area contributed by atoms with Gasteiger partial charge in [-0.25, -0.2) is 0 Å². The van der Waals surface area contributed by atoms with Crippen LogP contribution in [0, 0.1) is 6.92 Å². The van der Waals surface area contributed by atoms with E-state index >= 15 is 0 Å². The van der Waals surface area contributed by atoms with Crippen molar-refractivity contribution in [2.45, 2.75) is 39.7 Å². The second-order valence-electron chi connectivity index (χ2n) is 4.83. The molecule has 0 fully saturated rings. The van der Waals surface area contributed by atoms with E-state index in [9.17, 15) is 4.79 Å².